The minimum Gasteiger partial charge on any atom is -0.465 e. The number of aliphatic hydroxyl groups excluding tert-OH is 2. The molecule has 6 aliphatic rings. The summed E-state index contributed by atoms with van der Waals surface area (Å²) in [6.07, 6.45) is 1.23. The molecule has 2 aliphatic heterocycles. The smallest absolute Gasteiger partial charge is 0.302 e. The lowest BCUT2D eigenvalue weighted by atomic mass is 9.36. The number of ether oxygens (including phenoxy) is 3. The van der Waals surface area contributed by atoms with Crippen LogP contribution in [0.3, 0.4) is 0 Å². The van der Waals surface area contributed by atoms with E-state index in [9.17, 15) is 24.9 Å². The van der Waals surface area contributed by atoms with Gasteiger partial charge in [0.2, 0.25) is 5.79 Å². The van der Waals surface area contributed by atoms with E-state index in [0.717, 1.165) is 19.3 Å². The molecule has 0 amide bonds. The van der Waals surface area contributed by atoms with Crippen molar-refractivity contribution in [3.8, 4) is 0 Å². The summed E-state index contributed by atoms with van der Waals surface area (Å²) in [5, 5.41) is 35.0. The summed E-state index contributed by atoms with van der Waals surface area (Å²) in [6.45, 7) is 3.91. The molecule has 6 rings (SSSR count). The van der Waals surface area contributed by atoms with Crippen molar-refractivity contribution in [2.75, 3.05) is 26.9 Å². The largest absolute Gasteiger partial charge is 0.465 e. The Kier molecular flexibility index (Phi) is 4.73. The lowest BCUT2D eigenvalue weighted by Gasteiger charge is -2.74. The van der Waals surface area contributed by atoms with Crippen molar-refractivity contribution in [2.24, 2.45) is 39.9 Å². The fourth-order valence-electron chi connectivity index (χ4n) is 8.81. The van der Waals surface area contributed by atoms with Crippen LogP contribution in [-0.4, -0.2) is 72.0 Å². The Morgan fingerprint density at radius 1 is 1.23 bits per heavy atom. The van der Waals surface area contributed by atoms with Crippen LogP contribution in [0.5, 0.6) is 0 Å². The van der Waals surface area contributed by atoms with Gasteiger partial charge in [-0.3, -0.25) is 9.59 Å². The molecule has 4 aliphatic carbocycles. The van der Waals surface area contributed by atoms with E-state index in [4.69, 9.17) is 14.2 Å². The number of ketones is 1. The van der Waals surface area contributed by atoms with E-state index in [1.165, 1.54) is 14.0 Å². The van der Waals surface area contributed by atoms with Gasteiger partial charge < -0.3 is 29.5 Å². The van der Waals surface area contributed by atoms with E-state index in [-0.39, 0.29) is 43.4 Å². The van der Waals surface area contributed by atoms with E-state index < -0.39 is 46.1 Å². The fraction of sp³-hybridized carbons (Fsp3) is 0.913. The summed E-state index contributed by atoms with van der Waals surface area (Å²) in [4.78, 5) is 25.4. The van der Waals surface area contributed by atoms with Gasteiger partial charge in [0.1, 0.15) is 11.5 Å². The molecular formula is C23H34O8. The molecule has 2 saturated heterocycles. The highest BCUT2D eigenvalue weighted by molar-refractivity contribution is 5.93. The molecule has 0 aromatic rings. The molecule has 8 heteroatoms. The van der Waals surface area contributed by atoms with Crippen LogP contribution in [0.15, 0.2) is 0 Å². The molecule has 2 unspecified atom stereocenters. The zero-order valence-electron chi connectivity index (χ0n) is 18.5. The number of carbonyl (C=O) groups excluding carboxylic acids is 2. The summed E-state index contributed by atoms with van der Waals surface area (Å²) in [5.74, 6) is -4.32. The number of methoxy groups -OCH3 is 1. The number of fused-ring (bicyclic) bond motifs is 2. The van der Waals surface area contributed by atoms with E-state index in [2.05, 4.69) is 0 Å². The standard InChI is InChI=1S/C23H34O8/c1-12(24)30-10-20(2)7-4-8-21-11-31-23(28,19(27)16(20)21)22-15(21)6-5-13(17(22)25)14(9-29-3)18(22)26/h13-17,19,25,27-28H,4-11H2,1-3H3/t13?,14-,15-,16+,17+,19-,20-,21+,22?,23-/m0/s1. The van der Waals surface area contributed by atoms with Gasteiger partial charge in [-0.1, -0.05) is 13.3 Å². The van der Waals surface area contributed by atoms with Gasteiger partial charge in [-0.2, -0.15) is 0 Å². The Labute approximate surface area is 182 Å². The van der Waals surface area contributed by atoms with E-state index in [1.54, 1.807) is 0 Å². The molecular weight excluding hydrogens is 404 g/mol. The van der Waals surface area contributed by atoms with E-state index >= 15 is 0 Å². The SMILES string of the molecule is COC[C@@H]1C(=O)C23[C@H](O)C1CC[C@H]2[C@]12CCC[C@@](C)(COC(C)=O)[C@H]1[C@H](O)[C@]3(O)OC2. The second kappa shape index (κ2) is 6.73. The molecule has 174 valence electrons. The Balaban J connectivity index is 1.65. The average Bonchev–Trinajstić information content (AvgIpc) is 2.83. The predicted molar refractivity (Wildman–Crippen MR) is 106 cm³/mol. The minimum absolute atomic E-state index is 0.146. The molecule has 8 nitrogen and oxygen atoms in total. The first kappa shape index (κ1) is 21.8. The highest BCUT2D eigenvalue weighted by atomic mass is 16.6. The van der Waals surface area contributed by atoms with Crippen molar-refractivity contribution in [1.82, 2.24) is 0 Å². The number of esters is 1. The first-order chi connectivity index (χ1) is 14.6. The molecule has 0 aromatic carbocycles. The summed E-state index contributed by atoms with van der Waals surface area (Å²) in [5.41, 5.74) is -2.67. The summed E-state index contributed by atoms with van der Waals surface area (Å²) >= 11 is 0. The maximum atomic E-state index is 13.9. The molecule has 31 heavy (non-hydrogen) atoms. The van der Waals surface area contributed by atoms with Crippen LogP contribution >= 0.6 is 0 Å². The Hall–Kier alpha value is -1.06. The van der Waals surface area contributed by atoms with Gasteiger partial charge >= 0.3 is 5.97 Å². The number of hydrogen-bond acceptors (Lipinski definition) is 8. The number of Topliss-reactive ketones (excluding diaryl/α,β-unsaturated/α-hetero) is 1. The highest BCUT2D eigenvalue weighted by Crippen LogP contribution is 2.76. The lowest BCUT2D eigenvalue weighted by molar-refractivity contribution is -0.450. The predicted octanol–water partition coefficient (Wildman–Crippen LogP) is 0.654. The molecule has 3 N–H and O–H groups in total. The first-order valence-electron chi connectivity index (χ1n) is 11.5. The summed E-state index contributed by atoms with van der Waals surface area (Å²) in [6, 6.07) is 0. The van der Waals surface area contributed by atoms with Gasteiger partial charge in [-0.25, -0.2) is 0 Å². The number of aliphatic hydroxyl groups is 3. The average molecular weight is 439 g/mol. The van der Waals surface area contributed by atoms with E-state index in [0.29, 0.717) is 12.8 Å². The molecule has 2 heterocycles. The third-order valence-corrected chi connectivity index (χ3v) is 9.75. The van der Waals surface area contributed by atoms with Crippen LogP contribution in [0.1, 0.15) is 46.0 Å². The number of rotatable bonds is 4. The van der Waals surface area contributed by atoms with Crippen LogP contribution in [0.25, 0.3) is 0 Å². The molecule has 2 spiro atoms. The van der Waals surface area contributed by atoms with Crippen LogP contribution in [0, 0.1) is 39.9 Å². The summed E-state index contributed by atoms with van der Waals surface area (Å²) in [7, 11) is 1.53. The van der Waals surface area contributed by atoms with Crippen molar-refractivity contribution in [1.29, 1.82) is 0 Å². The van der Waals surface area contributed by atoms with Gasteiger partial charge in [-0.15, -0.1) is 0 Å². The normalized spacial score (nSPS) is 55.0. The summed E-state index contributed by atoms with van der Waals surface area (Å²) < 4.78 is 16.7. The maximum Gasteiger partial charge on any atom is 0.302 e. The Morgan fingerprint density at radius 2 is 1.97 bits per heavy atom. The molecule has 0 radical (unpaired) electrons. The molecule has 10 atom stereocenters. The zero-order valence-corrected chi connectivity index (χ0v) is 18.5. The highest BCUT2D eigenvalue weighted by Gasteiger charge is 2.86. The minimum atomic E-state index is -2.17. The number of carbonyl (C=O) groups is 2. The number of hydrogen-bond donors (Lipinski definition) is 3. The molecule has 4 bridgehead atoms. The van der Waals surface area contributed by atoms with Gasteiger partial charge in [0.05, 0.1) is 25.9 Å². The second-order valence-corrected chi connectivity index (χ2v) is 11.0. The van der Waals surface area contributed by atoms with Gasteiger partial charge in [0.25, 0.3) is 0 Å². The second-order valence-electron chi connectivity index (χ2n) is 11.0. The molecule has 6 fully saturated rings. The topological polar surface area (TPSA) is 123 Å². The van der Waals surface area contributed by atoms with E-state index in [1.807, 2.05) is 6.92 Å². The Bertz CT molecular complexity index is 800. The van der Waals surface area contributed by atoms with Crippen LogP contribution in [0.2, 0.25) is 0 Å². The first-order valence-corrected chi connectivity index (χ1v) is 11.5. The van der Waals surface area contributed by atoms with Gasteiger partial charge in [-0.05, 0) is 37.5 Å². The fourth-order valence-corrected chi connectivity index (χ4v) is 8.81. The quantitative estimate of drug-likeness (QED) is 0.547. The lowest BCUT2D eigenvalue weighted by Crippen LogP contribution is -2.84. The molecule has 0 aromatic heterocycles. The van der Waals surface area contributed by atoms with Gasteiger partial charge in [0, 0.05) is 36.7 Å². The monoisotopic (exact) mass is 438 g/mol. The third kappa shape index (κ3) is 2.33. The van der Waals surface area contributed by atoms with Crippen molar-refractivity contribution < 1.29 is 39.1 Å². The van der Waals surface area contributed by atoms with Crippen LogP contribution < -0.4 is 0 Å². The van der Waals surface area contributed by atoms with Crippen molar-refractivity contribution in [3.63, 3.8) is 0 Å². The van der Waals surface area contributed by atoms with Crippen molar-refractivity contribution in [2.45, 2.75) is 63.9 Å². The zero-order chi connectivity index (χ0) is 22.4. The van der Waals surface area contributed by atoms with Crippen molar-refractivity contribution in [3.05, 3.63) is 0 Å². The van der Waals surface area contributed by atoms with Crippen LogP contribution in [-0.2, 0) is 23.8 Å². The maximum absolute atomic E-state index is 13.9. The third-order valence-electron chi connectivity index (χ3n) is 9.75. The van der Waals surface area contributed by atoms with Crippen LogP contribution in [0.4, 0.5) is 0 Å². The van der Waals surface area contributed by atoms with Crippen molar-refractivity contribution >= 4 is 11.8 Å². The molecule has 4 saturated carbocycles. The Morgan fingerprint density at radius 3 is 2.65 bits per heavy atom. The van der Waals surface area contributed by atoms with Gasteiger partial charge in [0.15, 0.2) is 5.78 Å².